The minimum absolute atomic E-state index is 0.746. The van der Waals surface area contributed by atoms with Gasteiger partial charge in [0, 0.05) is 6.20 Å². The number of hydrogen-bond acceptors (Lipinski definition) is 1. The van der Waals surface area contributed by atoms with Gasteiger partial charge in [0.2, 0.25) is 0 Å². The summed E-state index contributed by atoms with van der Waals surface area (Å²) in [6.45, 7) is 0. The maximum atomic E-state index is 4.44. The molecule has 3 rings (SSSR count). The van der Waals surface area contributed by atoms with Gasteiger partial charge in [-0.3, -0.25) is 4.68 Å². The van der Waals surface area contributed by atoms with E-state index in [4.69, 9.17) is 0 Å². The van der Waals surface area contributed by atoms with E-state index in [1.807, 2.05) is 0 Å². The molecule has 2 aliphatic carbocycles. The summed E-state index contributed by atoms with van der Waals surface area (Å²) in [6.07, 6.45) is 12.7. The van der Waals surface area contributed by atoms with Crippen LogP contribution in [0.1, 0.15) is 56.0 Å². The number of aromatic nitrogens is 2. The highest BCUT2D eigenvalue weighted by atomic mass is 15.3. The van der Waals surface area contributed by atoms with Crippen molar-refractivity contribution in [1.29, 1.82) is 0 Å². The molecule has 0 spiro atoms. The third-order valence-corrected chi connectivity index (χ3v) is 3.37. The summed E-state index contributed by atoms with van der Waals surface area (Å²) in [4.78, 5) is 0. The quantitative estimate of drug-likeness (QED) is 0.677. The van der Waals surface area contributed by atoms with Crippen molar-refractivity contribution < 1.29 is 0 Å². The van der Waals surface area contributed by atoms with Gasteiger partial charge in [-0.25, -0.2) is 0 Å². The number of rotatable bonds is 2. The lowest BCUT2D eigenvalue weighted by atomic mass is 10.0. The number of nitrogens with zero attached hydrogens (tertiary/aromatic N) is 2. The number of hydrogen-bond donors (Lipinski definition) is 0. The van der Waals surface area contributed by atoms with Crippen molar-refractivity contribution in [3.63, 3.8) is 0 Å². The molecule has 0 N–H and O–H groups in total. The molecule has 0 atom stereocenters. The molecule has 13 heavy (non-hydrogen) atoms. The SMILES string of the molecule is c1nn(C2CC2)cc1C1CCCC1. The van der Waals surface area contributed by atoms with Gasteiger partial charge in [0.1, 0.15) is 0 Å². The van der Waals surface area contributed by atoms with Gasteiger partial charge < -0.3 is 0 Å². The van der Waals surface area contributed by atoms with Crippen LogP contribution in [0.2, 0.25) is 0 Å². The van der Waals surface area contributed by atoms with E-state index in [1.54, 1.807) is 0 Å². The highest BCUT2D eigenvalue weighted by Gasteiger charge is 2.26. The van der Waals surface area contributed by atoms with E-state index in [2.05, 4.69) is 22.2 Å². The summed E-state index contributed by atoms with van der Waals surface area (Å²) in [7, 11) is 0. The first-order chi connectivity index (χ1) is 6.43. The lowest BCUT2D eigenvalue weighted by Gasteiger charge is -2.03. The molecule has 2 aliphatic rings. The van der Waals surface area contributed by atoms with Crippen molar-refractivity contribution in [2.75, 3.05) is 0 Å². The molecule has 0 amide bonds. The van der Waals surface area contributed by atoms with Crippen molar-refractivity contribution in [3.05, 3.63) is 18.0 Å². The molecule has 1 aromatic rings. The van der Waals surface area contributed by atoms with Gasteiger partial charge in [0.25, 0.3) is 0 Å². The second kappa shape index (κ2) is 2.86. The van der Waals surface area contributed by atoms with Gasteiger partial charge >= 0.3 is 0 Å². The average molecular weight is 176 g/mol. The van der Waals surface area contributed by atoms with Crippen LogP contribution in [0.4, 0.5) is 0 Å². The minimum Gasteiger partial charge on any atom is -0.269 e. The van der Waals surface area contributed by atoms with E-state index >= 15 is 0 Å². The predicted octanol–water partition coefficient (Wildman–Crippen LogP) is 2.88. The molecule has 2 nitrogen and oxygen atoms in total. The third-order valence-electron chi connectivity index (χ3n) is 3.37. The zero-order valence-electron chi connectivity index (χ0n) is 7.95. The fourth-order valence-electron chi connectivity index (χ4n) is 2.36. The van der Waals surface area contributed by atoms with Crippen LogP contribution in [0.25, 0.3) is 0 Å². The monoisotopic (exact) mass is 176 g/mol. The molecule has 0 aliphatic heterocycles. The highest BCUT2D eigenvalue weighted by molar-refractivity contribution is 5.13. The second-order valence-corrected chi connectivity index (χ2v) is 4.47. The molecule has 2 fully saturated rings. The summed E-state index contributed by atoms with van der Waals surface area (Å²) in [5, 5.41) is 4.44. The van der Waals surface area contributed by atoms with E-state index in [-0.39, 0.29) is 0 Å². The van der Waals surface area contributed by atoms with Crippen LogP contribution in [-0.4, -0.2) is 9.78 Å². The standard InChI is InChI=1S/C11H16N2/c1-2-4-9(3-1)10-7-12-13(8-10)11-5-6-11/h7-9,11H,1-6H2. The maximum absolute atomic E-state index is 4.44. The molecular weight excluding hydrogens is 160 g/mol. The van der Waals surface area contributed by atoms with Crippen LogP contribution < -0.4 is 0 Å². The fraction of sp³-hybridized carbons (Fsp3) is 0.727. The van der Waals surface area contributed by atoms with Crippen molar-refractivity contribution in [3.8, 4) is 0 Å². The summed E-state index contributed by atoms with van der Waals surface area (Å²) >= 11 is 0. The van der Waals surface area contributed by atoms with Crippen molar-refractivity contribution in [1.82, 2.24) is 9.78 Å². The Kier molecular flexibility index (Phi) is 1.67. The molecule has 2 saturated carbocycles. The largest absolute Gasteiger partial charge is 0.269 e. The first kappa shape index (κ1) is 7.60. The topological polar surface area (TPSA) is 17.8 Å². The maximum Gasteiger partial charge on any atom is 0.0524 e. The van der Waals surface area contributed by atoms with Gasteiger partial charge in [0.15, 0.2) is 0 Å². The minimum atomic E-state index is 0.746. The molecule has 0 saturated heterocycles. The Hall–Kier alpha value is -0.790. The Morgan fingerprint density at radius 2 is 1.92 bits per heavy atom. The molecule has 0 bridgehead atoms. The molecule has 0 aromatic carbocycles. The third kappa shape index (κ3) is 1.38. The van der Waals surface area contributed by atoms with Crippen LogP contribution in [0.5, 0.6) is 0 Å². The molecular formula is C11H16N2. The summed E-state index contributed by atoms with van der Waals surface area (Å²) in [5.74, 6) is 0.826. The van der Waals surface area contributed by atoms with Crippen LogP contribution in [0.15, 0.2) is 12.4 Å². The first-order valence-corrected chi connectivity index (χ1v) is 5.47. The Morgan fingerprint density at radius 3 is 2.62 bits per heavy atom. The zero-order chi connectivity index (χ0) is 8.67. The van der Waals surface area contributed by atoms with E-state index < -0.39 is 0 Å². The normalized spacial score (nSPS) is 24.0. The van der Waals surface area contributed by atoms with Crippen LogP contribution in [0.3, 0.4) is 0 Å². The Bertz CT molecular complexity index is 293. The van der Waals surface area contributed by atoms with Crippen molar-refractivity contribution >= 4 is 0 Å². The second-order valence-electron chi connectivity index (χ2n) is 4.47. The van der Waals surface area contributed by atoms with E-state index in [0.29, 0.717) is 0 Å². The predicted molar refractivity (Wildman–Crippen MR) is 51.7 cm³/mol. The molecule has 1 aromatic heterocycles. The van der Waals surface area contributed by atoms with Gasteiger partial charge in [-0.2, -0.15) is 5.10 Å². The van der Waals surface area contributed by atoms with E-state index in [0.717, 1.165) is 12.0 Å². The Labute approximate surface area is 78.9 Å². The van der Waals surface area contributed by atoms with Crippen LogP contribution >= 0.6 is 0 Å². The Morgan fingerprint density at radius 1 is 1.15 bits per heavy atom. The summed E-state index contributed by atoms with van der Waals surface area (Å²) in [5.41, 5.74) is 1.49. The Balaban J connectivity index is 1.79. The average Bonchev–Trinajstić information content (AvgIpc) is 2.72. The van der Waals surface area contributed by atoms with E-state index in [1.165, 1.54) is 44.1 Å². The van der Waals surface area contributed by atoms with Gasteiger partial charge in [0.05, 0.1) is 12.2 Å². The van der Waals surface area contributed by atoms with Crippen molar-refractivity contribution in [2.45, 2.75) is 50.5 Å². The molecule has 2 heteroatoms. The van der Waals surface area contributed by atoms with Gasteiger partial charge in [-0.15, -0.1) is 0 Å². The lowest BCUT2D eigenvalue weighted by Crippen LogP contribution is -1.93. The molecule has 70 valence electrons. The summed E-state index contributed by atoms with van der Waals surface area (Å²) < 4.78 is 2.17. The lowest BCUT2D eigenvalue weighted by molar-refractivity contribution is 0.638. The van der Waals surface area contributed by atoms with Crippen LogP contribution in [-0.2, 0) is 0 Å². The highest BCUT2D eigenvalue weighted by Crippen LogP contribution is 2.37. The molecule has 1 heterocycles. The van der Waals surface area contributed by atoms with Gasteiger partial charge in [-0.05, 0) is 37.2 Å². The van der Waals surface area contributed by atoms with E-state index in [9.17, 15) is 0 Å². The van der Waals surface area contributed by atoms with Crippen LogP contribution in [0, 0.1) is 0 Å². The molecule has 0 unspecified atom stereocenters. The first-order valence-electron chi connectivity index (χ1n) is 5.47. The fourth-order valence-corrected chi connectivity index (χ4v) is 2.36. The van der Waals surface area contributed by atoms with Crippen molar-refractivity contribution in [2.24, 2.45) is 0 Å². The zero-order valence-corrected chi connectivity index (χ0v) is 7.95. The summed E-state index contributed by atoms with van der Waals surface area (Å²) in [6, 6.07) is 0.746. The molecule has 0 radical (unpaired) electrons. The smallest absolute Gasteiger partial charge is 0.0524 e. The van der Waals surface area contributed by atoms with Gasteiger partial charge in [-0.1, -0.05) is 12.8 Å².